The fourth-order valence-electron chi connectivity index (χ4n) is 7.57. The monoisotopic (exact) mass is 744 g/mol. The first-order valence-electron chi connectivity index (χ1n) is 19.5. The van der Waals surface area contributed by atoms with Gasteiger partial charge in [0.15, 0.2) is 5.58 Å². The zero-order chi connectivity index (χ0) is 37.9. The highest BCUT2D eigenvalue weighted by atomic mass is 16.6. The number of hydrogen-bond acceptors (Lipinski definition) is 10. The number of ether oxygens (including phenoxy) is 2. The number of nitrogens with two attached hydrogens (primary N) is 1. The molecule has 3 aliphatic rings. The van der Waals surface area contributed by atoms with Crippen LogP contribution < -0.4 is 16.4 Å². The van der Waals surface area contributed by atoms with Crippen molar-refractivity contribution in [1.82, 2.24) is 25.4 Å². The summed E-state index contributed by atoms with van der Waals surface area (Å²) < 4.78 is 17.4. The van der Waals surface area contributed by atoms with Gasteiger partial charge in [0.05, 0.1) is 12.6 Å². The lowest BCUT2D eigenvalue weighted by Crippen LogP contribution is -2.55. The van der Waals surface area contributed by atoms with Gasteiger partial charge in [0.25, 0.3) is 5.89 Å². The summed E-state index contributed by atoms with van der Waals surface area (Å²) in [4.78, 5) is 76.5. The Hall–Kier alpha value is -4.98. The molecule has 3 aromatic rings. The molecular formula is C40H52N6O8. The number of oxazole rings is 1. The van der Waals surface area contributed by atoms with Gasteiger partial charge in [-0.25, -0.2) is 14.6 Å². The number of para-hydroxylation sites is 2. The maximum absolute atomic E-state index is 14.6. The quantitative estimate of drug-likeness (QED) is 0.143. The molecule has 1 aliphatic carbocycles. The second kappa shape index (κ2) is 18.9. The highest BCUT2D eigenvalue weighted by molar-refractivity contribution is 6.01. The number of nitrogens with one attached hydrogen (secondary N) is 2. The van der Waals surface area contributed by atoms with Crippen molar-refractivity contribution in [3.8, 4) is 0 Å². The van der Waals surface area contributed by atoms with Crippen LogP contribution in [0.1, 0.15) is 93.3 Å². The molecule has 4 amide bonds. The molecule has 2 saturated heterocycles. The van der Waals surface area contributed by atoms with Gasteiger partial charge in [-0.15, -0.1) is 0 Å². The Balaban J connectivity index is 1.23. The maximum Gasteiger partial charge on any atom is 0.410 e. The average Bonchev–Trinajstić information content (AvgIpc) is 3.97. The Kier molecular flexibility index (Phi) is 13.5. The summed E-state index contributed by atoms with van der Waals surface area (Å²) in [6, 6.07) is 13.5. The van der Waals surface area contributed by atoms with Crippen LogP contribution in [0.2, 0.25) is 0 Å². The van der Waals surface area contributed by atoms with Crippen molar-refractivity contribution in [2.24, 2.45) is 5.73 Å². The number of unbranched alkanes of at least 4 members (excludes halogenated alkanes) is 1. The minimum Gasteiger partial charge on any atom is -0.446 e. The molecule has 0 radical (unpaired) electrons. The second-order valence-corrected chi connectivity index (χ2v) is 14.5. The number of piperidine rings is 1. The van der Waals surface area contributed by atoms with Crippen LogP contribution >= 0.6 is 0 Å². The van der Waals surface area contributed by atoms with Crippen molar-refractivity contribution in [2.45, 2.75) is 114 Å². The van der Waals surface area contributed by atoms with Gasteiger partial charge in [-0.05, 0) is 101 Å². The Labute approximate surface area is 315 Å². The summed E-state index contributed by atoms with van der Waals surface area (Å²) in [5, 5.41) is 5.68. The Bertz CT molecular complexity index is 1710. The molecule has 4 N–H and O–H groups in total. The minimum atomic E-state index is -1.10. The highest BCUT2D eigenvalue weighted by Gasteiger charge is 2.45. The predicted octanol–water partition coefficient (Wildman–Crippen LogP) is 4.89. The van der Waals surface area contributed by atoms with Gasteiger partial charge in [-0.2, -0.15) is 0 Å². The molecule has 2 aromatic carbocycles. The number of Topliss-reactive ketones (excluding diaryl/α,β-unsaturated/α-hetero) is 1. The van der Waals surface area contributed by atoms with Crippen molar-refractivity contribution in [3.05, 3.63) is 66.1 Å². The lowest BCUT2D eigenvalue weighted by molar-refractivity contribution is -0.140. The van der Waals surface area contributed by atoms with E-state index in [9.17, 15) is 24.0 Å². The molecule has 6 rings (SSSR count). The number of likely N-dealkylation sites (tertiary alicyclic amines) is 2. The lowest BCUT2D eigenvalue weighted by atomic mass is 10.0. The second-order valence-electron chi connectivity index (χ2n) is 14.5. The van der Waals surface area contributed by atoms with Gasteiger partial charge in [0, 0.05) is 19.5 Å². The number of aromatic nitrogens is 1. The lowest BCUT2D eigenvalue weighted by Gasteiger charge is -2.29. The number of amides is 4. The van der Waals surface area contributed by atoms with E-state index < -0.39 is 54.0 Å². The van der Waals surface area contributed by atoms with Crippen molar-refractivity contribution in [1.29, 1.82) is 0 Å². The Morgan fingerprint density at radius 1 is 0.833 bits per heavy atom. The van der Waals surface area contributed by atoms with Crippen molar-refractivity contribution < 1.29 is 37.9 Å². The number of hydrogen-bond donors (Lipinski definition) is 3. The predicted molar refractivity (Wildman–Crippen MR) is 199 cm³/mol. The number of carbonyl (C=O) groups is 5. The summed E-state index contributed by atoms with van der Waals surface area (Å²) in [7, 11) is 0. The minimum absolute atomic E-state index is 0.0156. The smallest absolute Gasteiger partial charge is 0.410 e. The first-order chi connectivity index (χ1) is 26.3. The van der Waals surface area contributed by atoms with Gasteiger partial charge in [0.1, 0.15) is 29.8 Å². The molecule has 14 nitrogen and oxygen atoms in total. The van der Waals surface area contributed by atoms with E-state index in [-0.39, 0.29) is 37.8 Å². The summed E-state index contributed by atoms with van der Waals surface area (Å²) in [5.74, 6) is -1.72. The molecule has 4 atom stereocenters. The molecule has 0 unspecified atom stereocenters. The topological polar surface area (TPSA) is 186 Å². The molecule has 290 valence electrons. The highest BCUT2D eigenvalue weighted by Crippen LogP contribution is 2.26. The van der Waals surface area contributed by atoms with E-state index in [2.05, 4.69) is 15.6 Å². The summed E-state index contributed by atoms with van der Waals surface area (Å²) in [6.45, 7) is 1.51. The fourth-order valence-corrected chi connectivity index (χ4v) is 7.57. The number of fused-ring (bicyclic) bond motifs is 1. The van der Waals surface area contributed by atoms with Crippen molar-refractivity contribution >= 4 is 40.9 Å². The first kappa shape index (κ1) is 38.7. The molecule has 14 heteroatoms. The van der Waals surface area contributed by atoms with E-state index in [1.807, 2.05) is 30.3 Å². The van der Waals surface area contributed by atoms with E-state index in [1.54, 1.807) is 29.2 Å². The van der Waals surface area contributed by atoms with Gasteiger partial charge in [0.2, 0.25) is 17.6 Å². The summed E-state index contributed by atoms with van der Waals surface area (Å²) in [6.07, 6.45) is 6.25. The number of benzene rings is 2. The Morgan fingerprint density at radius 2 is 1.57 bits per heavy atom. The van der Waals surface area contributed by atoms with Crippen LogP contribution in [0.25, 0.3) is 11.1 Å². The van der Waals surface area contributed by atoms with Crippen LogP contribution in [0.4, 0.5) is 9.59 Å². The van der Waals surface area contributed by atoms with E-state index in [0.717, 1.165) is 50.5 Å². The van der Waals surface area contributed by atoms with Crippen LogP contribution in [-0.4, -0.2) is 101 Å². The van der Waals surface area contributed by atoms with Gasteiger partial charge in [-0.1, -0.05) is 42.5 Å². The molecule has 0 spiro atoms. The molecule has 3 fully saturated rings. The standard InChI is InChI=1S/C40H52N6O8/c41-22-10-9-18-31(35(47)37-43-30-17-7-8-19-34(30)54-37)42-36(48)33-25-29(53-40(51)45-23-11-2-12-24-45)26-46(33)38(49)32(21-20-27-13-3-1-4-14-27)44-39(50)52-28-15-5-6-16-28/h1,3-4,7-8,13-14,17,19,28-29,31-33H,2,5-6,9-12,15-16,18,20-26,41H2,(H,42,48)(H,44,50)/t29-,31+,32-,33+/m1/s1. The van der Waals surface area contributed by atoms with E-state index in [1.165, 1.54) is 4.90 Å². The molecule has 1 aromatic heterocycles. The number of aryl methyl sites for hydroxylation is 1. The number of carbonyl (C=O) groups excluding carboxylic acids is 5. The van der Waals surface area contributed by atoms with Gasteiger partial charge in [-0.3, -0.25) is 14.4 Å². The number of rotatable bonds is 15. The normalized spacial score (nSPS) is 20.0. The van der Waals surface area contributed by atoms with Crippen molar-refractivity contribution in [2.75, 3.05) is 26.2 Å². The molecule has 2 aliphatic heterocycles. The summed E-state index contributed by atoms with van der Waals surface area (Å²) >= 11 is 0. The van der Waals surface area contributed by atoms with Crippen molar-refractivity contribution in [3.63, 3.8) is 0 Å². The maximum atomic E-state index is 14.6. The third-order valence-corrected chi connectivity index (χ3v) is 10.5. The van der Waals surface area contributed by atoms with Gasteiger partial charge < -0.3 is 40.1 Å². The Morgan fingerprint density at radius 3 is 2.31 bits per heavy atom. The number of alkyl carbamates (subject to hydrolysis) is 1. The third-order valence-electron chi connectivity index (χ3n) is 10.5. The zero-order valence-electron chi connectivity index (χ0n) is 30.8. The fraction of sp³-hybridized carbons (Fsp3) is 0.550. The SMILES string of the molecule is NCCCC[C@H](NC(=O)[C@@H]1C[C@@H](OC(=O)N2CCCCC2)CN1C(=O)[C@@H](CCc1ccccc1)NC(=O)OC1CCCC1)C(=O)c1nc2ccccc2o1. The number of nitrogens with zero attached hydrogens (tertiary/aromatic N) is 3. The van der Waals surface area contributed by atoms with Gasteiger partial charge >= 0.3 is 12.2 Å². The molecule has 0 bridgehead atoms. The summed E-state index contributed by atoms with van der Waals surface area (Å²) in [5.41, 5.74) is 7.69. The van der Waals surface area contributed by atoms with E-state index in [0.29, 0.717) is 50.0 Å². The molecule has 1 saturated carbocycles. The largest absolute Gasteiger partial charge is 0.446 e. The third kappa shape index (κ3) is 10.2. The van der Waals surface area contributed by atoms with E-state index in [4.69, 9.17) is 19.6 Å². The average molecular weight is 745 g/mol. The number of ketones is 1. The van der Waals surface area contributed by atoms with Crippen LogP contribution in [0.15, 0.2) is 59.0 Å². The first-order valence-corrected chi connectivity index (χ1v) is 19.5. The van der Waals surface area contributed by atoms with Crippen LogP contribution in [-0.2, 0) is 25.5 Å². The molecule has 3 heterocycles. The van der Waals surface area contributed by atoms with Crippen LogP contribution in [0, 0.1) is 0 Å². The molecule has 54 heavy (non-hydrogen) atoms. The molecular weight excluding hydrogens is 692 g/mol. The zero-order valence-corrected chi connectivity index (χ0v) is 30.8. The van der Waals surface area contributed by atoms with Crippen LogP contribution in [0.3, 0.4) is 0 Å². The van der Waals surface area contributed by atoms with Crippen LogP contribution in [0.5, 0.6) is 0 Å². The van der Waals surface area contributed by atoms with E-state index >= 15 is 0 Å².